The Balaban J connectivity index is 0.00000120. The number of rotatable bonds is 0. The van der Waals surface area contributed by atoms with Crippen LogP contribution in [0.5, 0.6) is 0 Å². The molecule has 0 N–H and O–H groups in total. The largest absolute Gasteiger partial charge is 1.00 e. The molecule has 0 bridgehead atoms. The van der Waals surface area contributed by atoms with E-state index >= 15 is 0 Å². The molecule has 150 valence electrons. The normalized spacial score (nSPS) is 25.4. The Morgan fingerprint density at radius 3 is 1.34 bits per heavy atom. The van der Waals surface area contributed by atoms with Gasteiger partial charge in [0.2, 0.25) is 0 Å². The summed E-state index contributed by atoms with van der Waals surface area (Å²) < 4.78 is 1.64. The van der Waals surface area contributed by atoms with Crippen LogP contribution in [0, 0.1) is 27.7 Å². The summed E-state index contributed by atoms with van der Waals surface area (Å²) in [5, 5.41) is 3.72. The number of halogens is 2. The van der Waals surface area contributed by atoms with Crippen LogP contribution in [0.15, 0.2) is 34.9 Å². The standard InChI is InChI=1S/C24H26P2.2ClH.Hf/c1-15-7-8-16(2)22-12-19(11-21(15)22)25(5)26(6)20-13-23-17(3)9-10-18(4)24(23)14-20;;;/h7-14H,1-6H3;2*1H;/q;;;+2/p-2. The number of aryl methyl sites for hydroxylation is 4. The number of hydrogen-bond acceptors (Lipinski definition) is 0. The van der Waals surface area contributed by atoms with E-state index in [4.69, 9.17) is 0 Å². The third kappa shape index (κ3) is 3.52. The molecule has 1 fully saturated rings. The van der Waals surface area contributed by atoms with Crippen molar-refractivity contribution in [3.8, 4) is 0 Å². The quantitative estimate of drug-likeness (QED) is 0.309. The predicted octanol–water partition coefficient (Wildman–Crippen LogP) is 1.65. The zero-order chi connectivity index (χ0) is 19.0. The van der Waals surface area contributed by atoms with Gasteiger partial charge in [0.25, 0.3) is 0 Å². The monoisotopic (exact) mass is 626 g/mol. The Kier molecular flexibility index (Phi) is 7.11. The number of benzene rings is 2. The Morgan fingerprint density at radius 2 is 0.966 bits per heavy atom. The summed E-state index contributed by atoms with van der Waals surface area (Å²) in [5.41, 5.74) is 12.7. The summed E-state index contributed by atoms with van der Waals surface area (Å²) in [5.74, 6) is 0. The maximum atomic E-state index is 2.64. The molecule has 4 unspecified atom stereocenters. The third-order valence-corrected chi connectivity index (χ3v) is 22.4. The Morgan fingerprint density at radius 1 is 0.621 bits per heavy atom. The fourth-order valence-corrected chi connectivity index (χ4v) is 25.2. The van der Waals surface area contributed by atoms with E-state index in [0.29, 0.717) is 0 Å². The summed E-state index contributed by atoms with van der Waals surface area (Å²) in [7, 11) is -0.0767. The van der Waals surface area contributed by atoms with Gasteiger partial charge in [-0.25, -0.2) is 0 Å². The third-order valence-electron chi connectivity index (χ3n) is 6.73. The first kappa shape index (κ1) is 23.9. The van der Waals surface area contributed by atoms with Gasteiger partial charge in [-0.05, 0) is 0 Å². The van der Waals surface area contributed by atoms with Gasteiger partial charge in [-0.15, -0.1) is 0 Å². The summed E-state index contributed by atoms with van der Waals surface area (Å²) in [6.45, 7) is 14.5. The minimum absolute atomic E-state index is 0. The fraction of sp³-hybridized carbons (Fsp3) is 0.333. The average Bonchev–Trinajstić information content (AvgIpc) is 3.19. The first-order valence-electron chi connectivity index (χ1n) is 9.75. The van der Waals surface area contributed by atoms with E-state index in [1.54, 1.807) is 22.3 Å². The van der Waals surface area contributed by atoms with Crippen molar-refractivity contribution in [3.05, 3.63) is 79.4 Å². The van der Waals surface area contributed by atoms with Gasteiger partial charge >= 0.3 is 178 Å². The second kappa shape index (κ2) is 8.64. The van der Waals surface area contributed by atoms with E-state index in [2.05, 4.69) is 77.4 Å². The van der Waals surface area contributed by atoms with Gasteiger partial charge in [-0.1, -0.05) is 0 Å². The Hall–Kier alpha value is 0.230. The SMILES string of the molecule is Cc1ccc(C)c2c1C=C1[CH]2[Hf+2][CH]2C(=Cc3c(C)ccc(C)c32)P(C)P1C.[Cl-].[Cl-]. The molecule has 3 aliphatic rings. The molecule has 5 rings (SSSR count). The van der Waals surface area contributed by atoms with Crippen molar-refractivity contribution in [3.63, 3.8) is 0 Å². The minimum atomic E-state index is -0.967. The summed E-state index contributed by atoms with van der Waals surface area (Å²) >= 11 is -0.967. The van der Waals surface area contributed by atoms with E-state index in [9.17, 15) is 0 Å². The van der Waals surface area contributed by atoms with Crippen molar-refractivity contribution in [1.82, 2.24) is 0 Å². The molecule has 29 heavy (non-hydrogen) atoms. The summed E-state index contributed by atoms with van der Waals surface area (Å²) in [6, 6.07) is 9.42. The van der Waals surface area contributed by atoms with E-state index in [-0.39, 0.29) is 40.0 Å². The van der Waals surface area contributed by atoms with Gasteiger partial charge < -0.3 is 24.8 Å². The van der Waals surface area contributed by atoms with Gasteiger partial charge in [-0.3, -0.25) is 0 Å². The minimum Gasteiger partial charge on any atom is -1.00 e. The van der Waals surface area contributed by atoms with Crippen LogP contribution in [0.25, 0.3) is 12.2 Å². The van der Waals surface area contributed by atoms with E-state index in [0.717, 1.165) is 7.35 Å². The topological polar surface area (TPSA) is 0 Å². The molecule has 1 heterocycles. The van der Waals surface area contributed by atoms with Crippen molar-refractivity contribution in [2.45, 2.75) is 35.0 Å². The van der Waals surface area contributed by atoms with Crippen LogP contribution in [0.1, 0.15) is 51.9 Å². The zero-order valence-electron chi connectivity index (χ0n) is 17.8. The van der Waals surface area contributed by atoms with E-state index in [1.807, 2.05) is 10.6 Å². The average molecular weight is 626 g/mol. The van der Waals surface area contributed by atoms with Crippen LogP contribution in [0.4, 0.5) is 0 Å². The molecule has 0 aromatic heterocycles. The summed E-state index contributed by atoms with van der Waals surface area (Å²) in [6.07, 6.45) is 5.29. The van der Waals surface area contributed by atoms with Crippen molar-refractivity contribution in [2.75, 3.05) is 13.3 Å². The molecule has 0 nitrogen and oxygen atoms in total. The number of fused-ring (bicyclic) bond motifs is 6. The molecule has 0 radical (unpaired) electrons. The molecular formula is C24H26Cl2HfP2. The molecule has 2 aliphatic carbocycles. The van der Waals surface area contributed by atoms with Crippen LogP contribution in [-0.4, -0.2) is 13.3 Å². The maximum Gasteiger partial charge on any atom is -1.00 e. The van der Waals surface area contributed by atoms with Gasteiger partial charge in [0.05, 0.1) is 0 Å². The van der Waals surface area contributed by atoms with E-state index < -0.39 is 22.9 Å². The van der Waals surface area contributed by atoms with Gasteiger partial charge in [0.15, 0.2) is 0 Å². The molecule has 0 amide bonds. The molecule has 1 saturated heterocycles. The van der Waals surface area contributed by atoms with Gasteiger partial charge in [0, 0.05) is 0 Å². The van der Waals surface area contributed by atoms with Crippen molar-refractivity contribution in [1.29, 1.82) is 0 Å². The van der Waals surface area contributed by atoms with Crippen LogP contribution in [0.2, 0.25) is 0 Å². The molecule has 0 spiro atoms. The molecule has 5 heteroatoms. The fourth-order valence-electron chi connectivity index (χ4n) is 5.03. The molecule has 2 aromatic carbocycles. The summed E-state index contributed by atoms with van der Waals surface area (Å²) in [4.78, 5) is 0. The van der Waals surface area contributed by atoms with E-state index in [1.165, 1.54) is 22.3 Å². The van der Waals surface area contributed by atoms with Crippen LogP contribution in [-0.2, 0) is 22.9 Å². The molecule has 2 aromatic rings. The first-order valence-corrected chi connectivity index (χ1v) is 18.2. The Labute approximate surface area is 201 Å². The number of hydrogen-bond donors (Lipinski definition) is 0. The second-order valence-electron chi connectivity index (χ2n) is 8.27. The van der Waals surface area contributed by atoms with Crippen LogP contribution < -0.4 is 24.8 Å². The molecular weight excluding hydrogens is 600 g/mol. The van der Waals surface area contributed by atoms with Crippen LogP contribution in [0.3, 0.4) is 0 Å². The first-order chi connectivity index (χ1) is 12.9. The van der Waals surface area contributed by atoms with Gasteiger partial charge in [-0.2, -0.15) is 0 Å². The maximum absolute atomic E-state index is 2.64. The van der Waals surface area contributed by atoms with Crippen LogP contribution >= 0.6 is 15.2 Å². The molecule has 4 atom stereocenters. The smallest absolute Gasteiger partial charge is 1.00 e. The molecule has 0 saturated carbocycles. The van der Waals surface area contributed by atoms with Crippen molar-refractivity contribution < 1.29 is 47.7 Å². The number of allylic oxidation sites excluding steroid dienone is 2. The van der Waals surface area contributed by atoms with Crippen molar-refractivity contribution in [2.24, 2.45) is 0 Å². The van der Waals surface area contributed by atoms with Crippen molar-refractivity contribution >= 4 is 27.4 Å². The molecule has 1 aliphatic heterocycles. The van der Waals surface area contributed by atoms with Gasteiger partial charge in [0.1, 0.15) is 0 Å². The Bertz CT molecular complexity index is 974. The second-order valence-corrected chi connectivity index (χ2v) is 20.3. The zero-order valence-corrected chi connectivity index (χ0v) is 24.7. The predicted molar refractivity (Wildman–Crippen MR) is 119 cm³/mol.